The van der Waals surface area contributed by atoms with E-state index in [0.29, 0.717) is 0 Å². The van der Waals surface area contributed by atoms with Crippen molar-refractivity contribution in [1.82, 2.24) is 0 Å². The number of nitrogens with zero attached hydrogens (tertiary/aromatic N) is 1. The van der Waals surface area contributed by atoms with Gasteiger partial charge in [-0.05, 0) is 0 Å². The van der Waals surface area contributed by atoms with Crippen molar-refractivity contribution in [2.75, 3.05) is 0 Å². The average Bonchev–Trinajstić information content (AvgIpc) is 1.33. The molecule has 0 aliphatic rings. The van der Waals surface area contributed by atoms with E-state index in [1.54, 1.807) is 0 Å². The molecule has 0 saturated carbocycles. The van der Waals surface area contributed by atoms with Gasteiger partial charge in [-0.3, -0.25) is 4.55 Å². The smallest absolute Gasteiger partial charge is 0.228 e. The Kier molecular flexibility index (Phi) is 12.6. The number of hydrogen-bond donors (Lipinski definition) is 3. The maximum absolute atomic E-state index is 8.89. The van der Waals surface area contributed by atoms with E-state index in [1.807, 2.05) is 0 Å². The summed E-state index contributed by atoms with van der Waals surface area (Å²) in [5.74, 6) is 0. The van der Waals surface area contributed by atoms with Crippen LogP contribution < -0.4 is 5.14 Å². The Balaban J connectivity index is 0. The number of nitrogens with two attached hydrogens (primary N) is 1. The molecular formula is H4N2O4S. The van der Waals surface area contributed by atoms with Gasteiger partial charge in [0.15, 0.2) is 5.34 Å². The Morgan fingerprint density at radius 2 is 1.71 bits per heavy atom. The normalized spacial score (nSPS) is 10.6. The van der Waals surface area contributed by atoms with Gasteiger partial charge in [0.1, 0.15) is 0 Å². The summed E-state index contributed by atoms with van der Waals surface area (Å²) in [6.45, 7) is 0. The lowest BCUT2D eigenvalue weighted by Gasteiger charge is -1.61. The monoisotopic (exact) mass is 128 g/mol. The highest BCUT2D eigenvalue weighted by atomic mass is 32.2. The minimum absolute atomic E-state index is 1.25. The largest absolute Gasteiger partial charge is 0.379 e. The summed E-state index contributed by atoms with van der Waals surface area (Å²) in [5, 5.41) is 12.0. The van der Waals surface area contributed by atoms with Gasteiger partial charge in [-0.2, -0.15) is 0 Å². The maximum Gasteiger partial charge on any atom is 0.228 e. The average molecular weight is 128 g/mol. The summed E-state index contributed by atoms with van der Waals surface area (Å²) in [5.41, 5.74) is 0. The number of hydrogen-bond acceptors (Lipinski definition) is 3. The van der Waals surface area contributed by atoms with Crippen LogP contribution in [-0.2, 0) is 11.3 Å². The first-order valence-corrected chi connectivity index (χ1v) is 2.14. The van der Waals surface area contributed by atoms with Crippen LogP contribution >= 0.6 is 0 Å². The summed E-state index contributed by atoms with van der Waals surface area (Å²) < 4.78 is 16.2. The molecule has 0 bridgehead atoms. The Hall–Kier alpha value is -0.530. The van der Waals surface area contributed by atoms with Crippen molar-refractivity contribution < 1.29 is 14.0 Å². The topological polar surface area (TPSA) is 113 Å². The molecule has 6 nitrogen and oxygen atoms in total. The third kappa shape index (κ3) is 234. The molecule has 0 radical (unpaired) electrons. The van der Waals surface area contributed by atoms with E-state index in [4.69, 9.17) is 18.9 Å². The van der Waals surface area contributed by atoms with Gasteiger partial charge in [-0.25, -0.2) is 9.35 Å². The zero-order valence-corrected chi connectivity index (χ0v) is 3.96. The lowest BCUT2D eigenvalue weighted by molar-refractivity contribution is 0.312. The standard InChI is InChI=1S/H3NO2S.HNO2/c1-4(2)3;2-1-3/h1H2,(H,2,3);(H,2,3). The third-order valence-electron chi connectivity index (χ3n) is 0. The summed E-state index contributed by atoms with van der Waals surface area (Å²) in [6, 6.07) is 0. The van der Waals surface area contributed by atoms with Gasteiger partial charge in [0.05, 0.1) is 0 Å². The van der Waals surface area contributed by atoms with Crippen molar-refractivity contribution in [2.24, 2.45) is 10.5 Å². The molecule has 0 rings (SSSR count). The zero-order chi connectivity index (χ0) is 6.28. The Morgan fingerprint density at radius 3 is 1.71 bits per heavy atom. The van der Waals surface area contributed by atoms with E-state index in [1.165, 1.54) is 5.34 Å². The van der Waals surface area contributed by atoms with Crippen LogP contribution in [-0.4, -0.2) is 14.0 Å². The van der Waals surface area contributed by atoms with Crippen LogP contribution in [0.2, 0.25) is 0 Å². The van der Waals surface area contributed by atoms with Gasteiger partial charge >= 0.3 is 0 Å². The summed E-state index contributed by atoms with van der Waals surface area (Å²) in [6.07, 6.45) is 0. The molecule has 0 aliphatic carbocycles. The first-order chi connectivity index (χ1) is 3.15. The minimum atomic E-state index is -2.11. The highest BCUT2D eigenvalue weighted by Gasteiger charge is 1.59. The van der Waals surface area contributed by atoms with Crippen LogP contribution in [0.25, 0.3) is 0 Å². The summed E-state index contributed by atoms with van der Waals surface area (Å²) in [7, 11) is 0. The second kappa shape index (κ2) is 9.08. The molecule has 44 valence electrons. The Morgan fingerprint density at radius 1 is 1.71 bits per heavy atom. The van der Waals surface area contributed by atoms with Gasteiger partial charge in [0, 0.05) is 0 Å². The molecule has 4 N–H and O–H groups in total. The molecule has 0 aromatic heterocycles. The molecule has 0 aromatic carbocycles. The van der Waals surface area contributed by atoms with Gasteiger partial charge in [0.2, 0.25) is 11.3 Å². The van der Waals surface area contributed by atoms with Crippen molar-refractivity contribution in [3.05, 3.63) is 4.91 Å². The molecule has 0 aliphatic heterocycles. The molecule has 7 heteroatoms. The predicted molar refractivity (Wildman–Crippen MR) is 22.5 cm³/mol. The molecule has 0 saturated heterocycles. The third-order valence-corrected chi connectivity index (χ3v) is 0. The van der Waals surface area contributed by atoms with Gasteiger partial charge in [-0.15, -0.1) is 4.91 Å². The van der Waals surface area contributed by atoms with Crippen LogP contribution in [0.5, 0.6) is 0 Å². The molecule has 0 fully saturated rings. The van der Waals surface area contributed by atoms with E-state index in [9.17, 15) is 0 Å². The Bertz CT molecular complexity index is 56.7. The van der Waals surface area contributed by atoms with Crippen molar-refractivity contribution in [1.29, 1.82) is 0 Å². The molecule has 0 spiro atoms. The van der Waals surface area contributed by atoms with Crippen LogP contribution in [0.4, 0.5) is 0 Å². The molecule has 0 amide bonds. The van der Waals surface area contributed by atoms with Crippen LogP contribution in [0, 0.1) is 4.91 Å². The molecule has 1 atom stereocenters. The molecule has 1 unspecified atom stereocenters. The fourth-order valence-electron chi connectivity index (χ4n) is 0. The van der Waals surface area contributed by atoms with Gasteiger partial charge in [0.25, 0.3) is 0 Å². The minimum Gasteiger partial charge on any atom is -0.379 e. The van der Waals surface area contributed by atoms with E-state index >= 15 is 0 Å². The highest BCUT2D eigenvalue weighted by molar-refractivity contribution is 7.76. The van der Waals surface area contributed by atoms with Gasteiger partial charge in [-0.1, -0.05) is 0 Å². The van der Waals surface area contributed by atoms with Crippen LogP contribution in [0.15, 0.2) is 5.34 Å². The Labute approximate surface area is 41.7 Å². The SMILES string of the molecule is NS(=O)O.O=NO. The quantitative estimate of drug-likeness (QED) is 0.225. The van der Waals surface area contributed by atoms with E-state index in [2.05, 4.69) is 5.14 Å². The first-order valence-electron chi connectivity index (χ1n) is 0.968. The predicted octanol–water partition coefficient (Wildman–Crippen LogP) is -0.776. The fourth-order valence-corrected chi connectivity index (χ4v) is 0. The van der Waals surface area contributed by atoms with Crippen molar-refractivity contribution in [3.63, 3.8) is 0 Å². The van der Waals surface area contributed by atoms with Gasteiger partial charge < -0.3 is 5.21 Å². The molecule has 7 heavy (non-hydrogen) atoms. The molecule has 0 heterocycles. The second-order valence-corrected chi connectivity index (χ2v) is 0.910. The summed E-state index contributed by atoms with van der Waals surface area (Å²) >= 11 is -2.11. The summed E-state index contributed by atoms with van der Waals surface area (Å²) in [4.78, 5) is 8.11. The fraction of sp³-hybridized carbons (Fsp3) is 0. The lowest BCUT2D eigenvalue weighted by Crippen LogP contribution is -1.96. The number of rotatable bonds is 0. The lowest BCUT2D eigenvalue weighted by atomic mass is 13.4. The van der Waals surface area contributed by atoms with E-state index < -0.39 is 11.3 Å². The van der Waals surface area contributed by atoms with Crippen LogP contribution in [0.1, 0.15) is 0 Å². The molecular weight excluding hydrogens is 124 g/mol. The van der Waals surface area contributed by atoms with Crippen molar-refractivity contribution in [3.8, 4) is 0 Å². The highest BCUT2D eigenvalue weighted by Crippen LogP contribution is 1.34. The molecule has 0 aromatic rings. The second-order valence-electron chi connectivity index (χ2n) is 0.358. The van der Waals surface area contributed by atoms with E-state index in [0.717, 1.165) is 0 Å². The van der Waals surface area contributed by atoms with Crippen molar-refractivity contribution in [2.45, 2.75) is 0 Å². The first kappa shape index (κ1) is 9.69. The van der Waals surface area contributed by atoms with Crippen molar-refractivity contribution >= 4 is 11.3 Å². The maximum atomic E-state index is 8.89. The van der Waals surface area contributed by atoms with Crippen LogP contribution in [0.3, 0.4) is 0 Å². The zero-order valence-electron chi connectivity index (χ0n) is 3.14. The van der Waals surface area contributed by atoms with E-state index in [-0.39, 0.29) is 0 Å².